The summed E-state index contributed by atoms with van der Waals surface area (Å²) in [5.74, 6) is 0.431. The van der Waals surface area contributed by atoms with E-state index in [0.29, 0.717) is 5.92 Å². The molecular weight excluding hydrogens is 165 g/mol. The third kappa shape index (κ3) is 1.59. The van der Waals surface area contributed by atoms with Crippen LogP contribution in [0.4, 0.5) is 4.39 Å². The molecule has 0 spiro atoms. The van der Waals surface area contributed by atoms with Crippen LogP contribution in [0.15, 0.2) is 18.2 Å². The molecule has 0 aliphatic carbocycles. The first-order valence-electron chi connectivity index (χ1n) is 4.75. The zero-order valence-corrected chi connectivity index (χ0v) is 7.81. The second-order valence-electron chi connectivity index (χ2n) is 3.64. The van der Waals surface area contributed by atoms with Crippen molar-refractivity contribution in [1.82, 2.24) is 5.32 Å². The minimum absolute atomic E-state index is 0.0793. The molecule has 1 aromatic carbocycles. The predicted molar refractivity (Wildman–Crippen MR) is 51.4 cm³/mol. The molecule has 13 heavy (non-hydrogen) atoms. The Bertz CT molecular complexity index is 303. The van der Waals surface area contributed by atoms with E-state index in [0.717, 1.165) is 25.1 Å². The smallest absolute Gasteiger partial charge is 0.126 e. The molecule has 0 radical (unpaired) electrons. The Hall–Kier alpha value is -0.890. The van der Waals surface area contributed by atoms with E-state index in [1.807, 2.05) is 13.0 Å². The molecular formula is C11H14FN. The van der Waals surface area contributed by atoms with Crippen molar-refractivity contribution in [3.63, 3.8) is 0 Å². The summed E-state index contributed by atoms with van der Waals surface area (Å²) in [6.07, 6.45) is 1.13. The fraction of sp³-hybridized carbons (Fsp3) is 0.455. The lowest BCUT2D eigenvalue weighted by molar-refractivity contribution is 0.610. The van der Waals surface area contributed by atoms with Crippen LogP contribution in [0.5, 0.6) is 0 Å². The first-order chi connectivity index (χ1) is 6.29. The lowest BCUT2D eigenvalue weighted by Gasteiger charge is -2.12. The lowest BCUT2D eigenvalue weighted by Crippen LogP contribution is -2.09. The van der Waals surface area contributed by atoms with Crippen LogP contribution >= 0.6 is 0 Å². The predicted octanol–water partition coefficient (Wildman–Crippen LogP) is 2.21. The number of halogens is 1. The van der Waals surface area contributed by atoms with Crippen molar-refractivity contribution in [2.45, 2.75) is 19.3 Å². The molecule has 1 atom stereocenters. The van der Waals surface area contributed by atoms with Crippen LogP contribution in [0, 0.1) is 12.7 Å². The number of hydrogen-bond donors (Lipinski definition) is 1. The molecule has 1 saturated heterocycles. The van der Waals surface area contributed by atoms with Crippen molar-refractivity contribution >= 4 is 0 Å². The van der Waals surface area contributed by atoms with E-state index in [9.17, 15) is 4.39 Å². The van der Waals surface area contributed by atoms with Crippen molar-refractivity contribution in [1.29, 1.82) is 0 Å². The second-order valence-corrected chi connectivity index (χ2v) is 3.64. The van der Waals surface area contributed by atoms with E-state index < -0.39 is 0 Å². The van der Waals surface area contributed by atoms with E-state index >= 15 is 0 Å². The Morgan fingerprint density at radius 2 is 2.31 bits per heavy atom. The molecule has 0 saturated carbocycles. The Kier molecular flexibility index (Phi) is 2.32. The van der Waals surface area contributed by atoms with E-state index in [1.165, 1.54) is 11.6 Å². The van der Waals surface area contributed by atoms with Crippen molar-refractivity contribution in [2.75, 3.05) is 13.1 Å². The van der Waals surface area contributed by atoms with Gasteiger partial charge in [-0.25, -0.2) is 4.39 Å². The normalized spacial score (nSPS) is 22.2. The van der Waals surface area contributed by atoms with Gasteiger partial charge in [0.1, 0.15) is 5.82 Å². The van der Waals surface area contributed by atoms with Crippen molar-refractivity contribution in [3.05, 3.63) is 35.1 Å². The van der Waals surface area contributed by atoms with Gasteiger partial charge in [-0.3, -0.25) is 0 Å². The van der Waals surface area contributed by atoms with Gasteiger partial charge in [0.05, 0.1) is 0 Å². The van der Waals surface area contributed by atoms with Gasteiger partial charge in [-0.2, -0.15) is 0 Å². The van der Waals surface area contributed by atoms with Crippen LogP contribution in [0.25, 0.3) is 0 Å². The Morgan fingerprint density at radius 3 is 3.00 bits per heavy atom. The largest absolute Gasteiger partial charge is 0.316 e. The van der Waals surface area contributed by atoms with Crippen LogP contribution < -0.4 is 5.32 Å². The van der Waals surface area contributed by atoms with Crippen LogP contribution in [-0.4, -0.2) is 13.1 Å². The van der Waals surface area contributed by atoms with Crippen LogP contribution in [-0.2, 0) is 0 Å². The quantitative estimate of drug-likeness (QED) is 0.697. The molecule has 0 amide bonds. The minimum Gasteiger partial charge on any atom is -0.316 e. The summed E-state index contributed by atoms with van der Waals surface area (Å²) in [5, 5.41) is 3.30. The van der Waals surface area contributed by atoms with Crippen molar-refractivity contribution in [3.8, 4) is 0 Å². The number of hydrogen-bond acceptors (Lipinski definition) is 1. The summed E-state index contributed by atoms with van der Waals surface area (Å²) >= 11 is 0. The van der Waals surface area contributed by atoms with Gasteiger partial charge in [0.15, 0.2) is 0 Å². The molecule has 0 unspecified atom stereocenters. The summed E-state index contributed by atoms with van der Waals surface area (Å²) in [6.45, 7) is 3.91. The molecule has 2 rings (SSSR count). The summed E-state index contributed by atoms with van der Waals surface area (Å²) in [5.41, 5.74) is 1.99. The number of nitrogens with one attached hydrogen (secondary N) is 1. The Labute approximate surface area is 78.0 Å². The van der Waals surface area contributed by atoms with E-state index in [4.69, 9.17) is 0 Å². The molecule has 70 valence electrons. The average Bonchev–Trinajstić information content (AvgIpc) is 2.62. The Morgan fingerprint density at radius 1 is 1.46 bits per heavy atom. The zero-order valence-electron chi connectivity index (χ0n) is 7.81. The second kappa shape index (κ2) is 3.46. The summed E-state index contributed by atoms with van der Waals surface area (Å²) < 4.78 is 13.2. The van der Waals surface area contributed by atoms with E-state index in [1.54, 1.807) is 6.07 Å². The third-order valence-electron chi connectivity index (χ3n) is 2.81. The SMILES string of the molecule is Cc1c(F)cccc1[C@H]1CCNC1. The molecule has 1 heterocycles. The van der Waals surface area contributed by atoms with E-state index in [2.05, 4.69) is 5.32 Å². The maximum atomic E-state index is 13.2. The topological polar surface area (TPSA) is 12.0 Å². The minimum atomic E-state index is -0.0793. The highest BCUT2D eigenvalue weighted by Gasteiger charge is 2.18. The first kappa shape index (κ1) is 8.70. The molecule has 1 aliphatic heterocycles. The Balaban J connectivity index is 2.33. The average molecular weight is 179 g/mol. The van der Waals surface area contributed by atoms with Gasteiger partial charge in [0.2, 0.25) is 0 Å². The van der Waals surface area contributed by atoms with Gasteiger partial charge in [-0.1, -0.05) is 12.1 Å². The van der Waals surface area contributed by atoms with Gasteiger partial charge in [-0.05, 0) is 43.0 Å². The van der Waals surface area contributed by atoms with Gasteiger partial charge in [0, 0.05) is 6.54 Å². The number of benzene rings is 1. The van der Waals surface area contributed by atoms with Gasteiger partial charge >= 0.3 is 0 Å². The van der Waals surface area contributed by atoms with Crippen LogP contribution in [0.3, 0.4) is 0 Å². The first-order valence-corrected chi connectivity index (χ1v) is 4.75. The van der Waals surface area contributed by atoms with Crippen molar-refractivity contribution < 1.29 is 4.39 Å². The molecule has 1 fully saturated rings. The third-order valence-corrected chi connectivity index (χ3v) is 2.81. The summed E-state index contributed by atoms with van der Waals surface area (Å²) in [7, 11) is 0. The molecule has 1 N–H and O–H groups in total. The van der Waals surface area contributed by atoms with Gasteiger partial charge < -0.3 is 5.32 Å². The molecule has 1 aliphatic rings. The van der Waals surface area contributed by atoms with Crippen molar-refractivity contribution in [2.24, 2.45) is 0 Å². The summed E-state index contributed by atoms with van der Waals surface area (Å²) in [6, 6.07) is 5.37. The maximum absolute atomic E-state index is 13.2. The summed E-state index contributed by atoms with van der Waals surface area (Å²) in [4.78, 5) is 0. The molecule has 1 nitrogen and oxygen atoms in total. The van der Waals surface area contributed by atoms with Crippen LogP contribution in [0.1, 0.15) is 23.5 Å². The fourth-order valence-corrected chi connectivity index (χ4v) is 1.99. The molecule has 0 aromatic heterocycles. The fourth-order valence-electron chi connectivity index (χ4n) is 1.99. The van der Waals surface area contributed by atoms with Gasteiger partial charge in [0.25, 0.3) is 0 Å². The molecule has 0 bridgehead atoms. The van der Waals surface area contributed by atoms with Crippen LogP contribution in [0.2, 0.25) is 0 Å². The maximum Gasteiger partial charge on any atom is 0.126 e. The van der Waals surface area contributed by atoms with E-state index in [-0.39, 0.29) is 5.82 Å². The zero-order chi connectivity index (χ0) is 9.26. The highest BCUT2D eigenvalue weighted by molar-refractivity contribution is 5.31. The standard InChI is InChI=1S/C11H14FN/c1-8-10(3-2-4-11(8)12)9-5-6-13-7-9/h2-4,9,13H,5-7H2,1H3/t9-/m0/s1. The lowest BCUT2D eigenvalue weighted by atomic mass is 9.94. The highest BCUT2D eigenvalue weighted by atomic mass is 19.1. The molecule has 1 aromatic rings. The molecule has 2 heteroatoms. The number of rotatable bonds is 1. The monoisotopic (exact) mass is 179 g/mol. The van der Waals surface area contributed by atoms with Gasteiger partial charge in [-0.15, -0.1) is 0 Å². The highest BCUT2D eigenvalue weighted by Crippen LogP contribution is 2.26.